The van der Waals surface area contributed by atoms with Crippen LogP contribution in [0.25, 0.3) is 22.3 Å². The summed E-state index contributed by atoms with van der Waals surface area (Å²) in [5.41, 5.74) is 23.9. The third-order valence-electron chi connectivity index (χ3n) is 19.5. The van der Waals surface area contributed by atoms with Crippen molar-refractivity contribution < 1.29 is 0 Å². The Morgan fingerprint density at radius 3 is 1.56 bits per heavy atom. The Bertz CT molecular complexity index is 3320. The zero-order valence-corrected chi connectivity index (χ0v) is 40.8. The summed E-state index contributed by atoms with van der Waals surface area (Å²) in [4.78, 5) is 5.42. The number of hydrogen-bond acceptors (Lipinski definition) is 2. The zero-order valence-electron chi connectivity index (χ0n) is 40.8. The van der Waals surface area contributed by atoms with Crippen LogP contribution in [0.15, 0.2) is 188 Å². The lowest BCUT2D eigenvalue weighted by molar-refractivity contribution is -0.00491. The van der Waals surface area contributed by atoms with Crippen LogP contribution in [0, 0.1) is 29.6 Å². The molecular formula is C68H62N2. The van der Waals surface area contributed by atoms with Crippen molar-refractivity contribution in [3.05, 3.63) is 227 Å². The molecule has 1 spiro atoms. The van der Waals surface area contributed by atoms with Gasteiger partial charge < -0.3 is 9.80 Å². The highest BCUT2D eigenvalue weighted by molar-refractivity contribution is 5.95. The van der Waals surface area contributed by atoms with E-state index in [9.17, 15) is 0 Å². The Morgan fingerprint density at radius 1 is 0.414 bits per heavy atom. The van der Waals surface area contributed by atoms with Crippen LogP contribution < -0.4 is 9.80 Å². The number of benzene rings is 8. The minimum atomic E-state index is -0.167. The van der Waals surface area contributed by atoms with Crippen LogP contribution in [0.1, 0.15) is 104 Å². The molecule has 2 heteroatoms. The van der Waals surface area contributed by atoms with Gasteiger partial charge in [0.25, 0.3) is 0 Å². The maximum absolute atomic E-state index is 2.76. The van der Waals surface area contributed by atoms with E-state index >= 15 is 0 Å². The fraction of sp³-hybridized carbons (Fsp3) is 0.294. The van der Waals surface area contributed by atoms with Gasteiger partial charge in [-0.2, -0.15) is 0 Å². The number of anilines is 6. The molecule has 4 bridgehead atoms. The van der Waals surface area contributed by atoms with Gasteiger partial charge in [0.1, 0.15) is 0 Å². The molecule has 8 aromatic rings. The first-order valence-corrected chi connectivity index (χ1v) is 26.8. The van der Waals surface area contributed by atoms with Crippen molar-refractivity contribution in [3.63, 3.8) is 0 Å². The average molecular weight is 907 g/mol. The summed E-state index contributed by atoms with van der Waals surface area (Å²) >= 11 is 0. The van der Waals surface area contributed by atoms with Crippen LogP contribution in [-0.4, -0.2) is 0 Å². The lowest BCUT2D eigenvalue weighted by Gasteiger charge is -2.57. The fourth-order valence-electron chi connectivity index (χ4n) is 17.4. The van der Waals surface area contributed by atoms with Gasteiger partial charge in [0, 0.05) is 33.6 Å². The van der Waals surface area contributed by atoms with Crippen molar-refractivity contribution in [3.8, 4) is 22.3 Å². The molecule has 0 N–H and O–H groups in total. The fourth-order valence-corrected chi connectivity index (χ4v) is 17.4. The van der Waals surface area contributed by atoms with E-state index in [4.69, 9.17) is 0 Å². The predicted octanol–water partition coefficient (Wildman–Crippen LogP) is 17.5. The molecule has 0 heterocycles. The van der Waals surface area contributed by atoms with Crippen molar-refractivity contribution in [2.45, 2.75) is 94.3 Å². The lowest BCUT2D eigenvalue weighted by Crippen LogP contribution is -2.49. The molecule has 16 rings (SSSR count). The second kappa shape index (κ2) is 15.2. The van der Waals surface area contributed by atoms with E-state index in [0.717, 1.165) is 30.6 Å². The standard InChI is InChI=1S/C68H62N2/c1-66(2)58-27-16-25-55(47-17-6-3-7-18-47)63(58)56-34-33-54(40-59(56)66)69(52-21-8-4-9-22-52)61-29-14-19-48-38-50-31-32-51-39-49-20-15-30-62(65(49)68(50,51)64(48)61)70(53-23-10-5-11-24-53)60-28-13-12-26-57(60)67-41-44-35-45(42-67)37-46(36-44)43-67/h3-30,33-34,40,44-46,50-51H,31-32,35-39,41-43H2,1-2H3. The van der Waals surface area contributed by atoms with Gasteiger partial charge in [-0.3, -0.25) is 0 Å². The minimum Gasteiger partial charge on any atom is -0.310 e. The summed E-state index contributed by atoms with van der Waals surface area (Å²) in [5, 5.41) is 0. The van der Waals surface area contributed by atoms with Gasteiger partial charge in [0.2, 0.25) is 0 Å². The molecule has 5 saturated carbocycles. The molecule has 0 radical (unpaired) electrons. The number of rotatable bonds is 8. The SMILES string of the molecule is CC1(C)c2cc(N(c3ccccc3)c3cccc4c3C35c6c(cccc6N(c6ccccc6)c6ccccc6C67CC8CC(CC(C8)C6)C7)CC3CCC5C4)ccc2-c2c(-c3ccccc3)cccc21. The van der Waals surface area contributed by atoms with E-state index in [2.05, 4.69) is 212 Å². The highest BCUT2D eigenvalue weighted by atomic mass is 15.2. The Morgan fingerprint density at radius 2 is 0.929 bits per heavy atom. The molecule has 8 aliphatic rings. The van der Waals surface area contributed by atoms with Crippen molar-refractivity contribution >= 4 is 34.1 Å². The van der Waals surface area contributed by atoms with Gasteiger partial charge in [0.15, 0.2) is 0 Å². The van der Waals surface area contributed by atoms with Crippen LogP contribution in [-0.2, 0) is 29.1 Å². The highest BCUT2D eigenvalue weighted by Gasteiger charge is 2.62. The monoisotopic (exact) mass is 906 g/mol. The smallest absolute Gasteiger partial charge is 0.0505 e. The van der Waals surface area contributed by atoms with E-state index in [-0.39, 0.29) is 16.2 Å². The third-order valence-corrected chi connectivity index (χ3v) is 19.5. The summed E-state index contributed by atoms with van der Waals surface area (Å²) in [6, 6.07) is 72.7. The van der Waals surface area contributed by atoms with E-state index in [1.54, 1.807) is 22.3 Å². The Balaban J connectivity index is 0.933. The summed E-state index contributed by atoms with van der Waals surface area (Å²) < 4.78 is 0. The molecule has 3 atom stereocenters. The van der Waals surface area contributed by atoms with Gasteiger partial charge >= 0.3 is 0 Å². The molecular weight excluding hydrogens is 845 g/mol. The summed E-state index contributed by atoms with van der Waals surface area (Å²) in [6.07, 6.45) is 13.2. The first kappa shape index (κ1) is 41.2. The molecule has 8 aliphatic carbocycles. The van der Waals surface area contributed by atoms with Crippen LogP contribution in [0.2, 0.25) is 0 Å². The van der Waals surface area contributed by atoms with Gasteiger partial charge in [-0.05, 0) is 215 Å². The second-order valence-corrected chi connectivity index (χ2v) is 23.4. The number of fused-ring (bicyclic) bond motifs is 5. The molecule has 2 nitrogen and oxygen atoms in total. The Hall–Kier alpha value is -6.64. The Labute approximate surface area is 415 Å². The quantitative estimate of drug-likeness (QED) is 0.150. The summed E-state index contributed by atoms with van der Waals surface area (Å²) in [5.74, 6) is 3.71. The third kappa shape index (κ3) is 5.74. The maximum Gasteiger partial charge on any atom is 0.0505 e. The second-order valence-electron chi connectivity index (χ2n) is 23.4. The number of hydrogen-bond donors (Lipinski definition) is 0. The largest absolute Gasteiger partial charge is 0.310 e. The molecule has 70 heavy (non-hydrogen) atoms. The van der Waals surface area contributed by atoms with Crippen molar-refractivity contribution in [2.75, 3.05) is 9.80 Å². The molecule has 0 aliphatic heterocycles. The molecule has 0 aromatic heterocycles. The molecule has 8 aromatic carbocycles. The summed E-state index contributed by atoms with van der Waals surface area (Å²) in [7, 11) is 0. The number of nitrogens with zero attached hydrogens (tertiary/aromatic N) is 2. The normalized spacial score (nSPS) is 26.5. The lowest BCUT2D eigenvalue weighted by atomic mass is 9.48. The van der Waals surface area contributed by atoms with E-state index < -0.39 is 0 Å². The van der Waals surface area contributed by atoms with E-state index in [1.807, 2.05) is 0 Å². The molecule has 5 fully saturated rings. The van der Waals surface area contributed by atoms with Crippen molar-refractivity contribution in [1.82, 2.24) is 0 Å². The average Bonchev–Trinajstić information content (AvgIpc) is 4.09. The van der Waals surface area contributed by atoms with Gasteiger partial charge in [-0.15, -0.1) is 0 Å². The topological polar surface area (TPSA) is 6.48 Å². The maximum atomic E-state index is 2.76. The zero-order chi connectivity index (χ0) is 46.3. The van der Waals surface area contributed by atoms with Crippen LogP contribution in [0.4, 0.5) is 34.1 Å². The summed E-state index contributed by atoms with van der Waals surface area (Å²) in [6.45, 7) is 4.87. The van der Waals surface area contributed by atoms with Gasteiger partial charge in [-0.25, -0.2) is 0 Å². The van der Waals surface area contributed by atoms with Gasteiger partial charge in [-0.1, -0.05) is 147 Å². The molecule has 0 saturated heterocycles. The van der Waals surface area contributed by atoms with E-state index in [0.29, 0.717) is 11.8 Å². The van der Waals surface area contributed by atoms with E-state index in [1.165, 1.54) is 124 Å². The Kier molecular flexibility index (Phi) is 8.93. The highest BCUT2D eigenvalue weighted by Crippen LogP contribution is 2.70. The van der Waals surface area contributed by atoms with Crippen molar-refractivity contribution in [1.29, 1.82) is 0 Å². The van der Waals surface area contributed by atoms with Crippen LogP contribution in [0.5, 0.6) is 0 Å². The van der Waals surface area contributed by atoms with Crippen LogP contribution in [0.3, 0.4) is 0 Å². The van der Waals surface area contributed by atoms with Crippen molar-refractivity contribution in [2.24, 2.45) is 29.6 Å². The van der Waals surface area contributed by atoms with Crippen LogP contribution >= 0.6 is 0 Å². The molecule has 344 valence electrons. The van der Waals surface area contributed by atoms with Gasteiger partial charge in [0.05, 0.1) is 11.4 Å². The molecule has 0 amide bonds. The molecule has 3 unspecified atom stereocenters. The predicted molar refractivity (Wildman–Crippen MR) is 290 cm³/mol. The first-order valence-electron chi connectivity index (χ1n) is 26.8. The number of para-hydroxylation sites is 3. The minimum absolute atomic E-state index is 0.121. The first-order chi connectivity index (χ1) is 34.4.